The Labute approximate surface area is 142 Å². The molecule has 0 aliphatic heterocycles. The van der Waals surface area contributed by atoms with Crippen LogP contribution in [0.2, 0.25) is 5.02 Å². The first-order valence-electron chi connectivity index (χ1n) is 7.78. The molecule has 23 heavy (non-hydrogen) atoms. The predicted octanol–water partition coefficient (Wildman–Crippen LogP) is 4.21. The highest BCUT2D eigenvalue weighted by atomic mass is 35.5. The van der Waals surface area contributed by atoms with E-state index in [0.29, 0.717) is 13.0 Å². The SMILES string of the molecule is Cc1cc(CNC(CCC(=O)O)Cc2ccccc2)ccc1Cl. The number of carboxylic acid groups (broad SMARTS) is 1. The van der Waals surface area contributed by atoms with Crippen molar-refractivity contribution >= 4 is 17.6 Å². The van der Waals surface area contributed by atoms with Gasteiger partial charge < -0.3 is 10.4 Å². The number of hydrogen-bond acceptors (Lipinski definition) is 2. The Hall–Kier alpha value is -1.84. The van der Waals surface area contributed by atoms with Crippen molar-refractivity contribution in [1.29, 1.82) is 0 Å². The fraction of sp³-hybridized carbons (Fsp3) is 0.316. The summed E-state index contributed by atoms with van der Waals surface area (Å²) in [6.45, 7) is 2.69. The number of aryl methyl sites for hydroxylation is 1. The van der Waals surface area contributed by atoms with E-state index in [-0.39, 0.29) is 12.5 Å². The van der Waals surface area contributed by atoms with E-state index in [1.54, 1.807) is 0 Å². The molecule has 0 amide bonds. The Morgan fingerprint density at radius 3 is 2.57 bits per heavy atom. The predicted molar refractivity (Wildman–Crippen MR) is 93.8 cm³/mol. The number of aliphatic carboxylic acids is 1. The molecule has 2 N–H and O–H groups in total. The van der Waals surface area contributed by atoms with Crippen molar-refractivity contribution in [2.75, 3.05) is 0 Å². The molecule has 0 bridgehead atoms. The van der Waals surface area contributed by atoms with Gasteiger partial charge in [-0.3, -0.25) is 4.79 Å². The Bertz CT molecular complexity index is 643. The highest BCUT2D eigenvalue weighted by Crippen LogP contribution is 2.17. The second kappa shape index (κ2) is 8.70. The van der Waals surface area contributed by atoms with Gasteiger partial charge >= 0.3 is 5.97 Å². The molecule has 122 valence electrons. The minimum Gasteiger partial charge on any atom is -0.481 e. The molecule has 2 aromatic carbocycles. The van der Waals surface area contributed by atoms with E-state index in [1.807, 2.05) is 37.3 Å². The van der Waals surface area contributed by atoms with Crippen molar-refractivity contribution in [2.24, 2.45) is 0 Å². The normalized spacial score (nSPS) is 12.1. The largest absolute Gasteiger partial charge is 0.481 e. The monoisotopic (exact) mass is 331 g/mol. The minimum atomic E-state index is -0.757. The lowest BCUT2D eigenvalue weighted by atomic mass is 10.0. The van der Waals surface area contributed by atoms with E-state index in [4.69, 9.17) is 16.7 Å². The molecular formula is C19H22ClNO2. The van der Waals surface area contributed by atoms with Crippen LogP contribution in [0.15, 0.2) is 48.5 Å². The molecule has 0 aromatic heterocycles. The van der Waals surface area contributed by atoms with Crippen molar-refractivity contribution in [3.05, 3.63) is 70.2 Å². The van der Waals surface area contributed by atoms with Crippen LogP contribution in [0.25, 0.3) is 0 Å². The van der Waals surface area contributed by atoms with Gasteiger partial charge in [-0.05, 0) is 42.5 Å². The lowest BCUT2D eigenvalue weighted by Gasteiger charge is -2.18. The molecule has 0 aliphatic rings. The zero-order valence-corrected chi connectivity index (χ0v) is 14.0. The number of hydrogen-bond donors (Lipinski definition) is 2. The van der Waals surface area contributed by atoms with Crippen LogP contribution in [0, 0.1) is 6.92 Å². The standard InChI is InChI=1S/C19H22ClNO2/c1-14-11-16(7-9-18(14)20)13-21-17(8-10-19(22)23)12-15-5-3-2-4-6-15/h2-7,9,11,17,21H,8,10,12-13H2,1H3,(H,22,23). The summed E-state index contributed by atoms with van der Waals surface area (Å²) in [6, 6.07) is 16.2. The average Bonchev–Trinajstić information content (AvgIpc) is 2.54. The molecule has 1 unspecified atom stereocenters. The third-order valence-electron chi connectivity index (χ3n) is 3.85. The van der Waals surface area contributed by atoms with E-state index < -0.39 is 5.97 Å². The first kappa shape index (κ1) is 17.5. The maximum absolute atomic E-state index is 10.9. The van der Waals surface area contributed by atoms with E-state index in [0.717, 1.165) is 22.6 Å². The number of carboxylic acids is 1. The molecule has 0 aliphatic carbocycles. The second-order valence-corrected chi connectivity index (χ2v) is 6.19. The first-order valence-corrected chi connectivity index (χ1v) is 8.16. The van der Waals surface area contributed by atoms with E-state index in [1.165, 1.54) is 5.56 Å². The van der Waals surface area contributed by atoms with Gasteiger partial charge in [0.2, 0.25) is 0 Å². The third kappa shape index (κ3) is 6.05. The summed E-state index contributed by atoms with van der Waals surface area (Å²) in [7, 11) is 0. The molecule has 0 fully saturated rings. The van der Waals surface area contributed by atoms with Crippen LogP contribution in [0.5, 0.6) is 0 Å². The van der Waals surface area contributed by atoms with Crippen LogP contribution in [0.1, 0.15) is 29.5 Å². The summed E-state index contributed by atoms with van der Waals surface area (Å²) in [5.41, 5.74) is 3.42. The Kier molecular flexibility index (Phi) is 6.63. The lowest BCUT2D eigenvalue weighted by Crippen LogP contribution is -2.31. The minimum absolute atomic E-state index is 0.129. The van der Waals surface area contributed by atoms with Crippen LogP contribution in [0.3, 0.4) is 0 Å². The van der Waals surface area contributed by atoms with Crippen LogP contribution in [-0.4, -0.2) is 17.1 Å². The lowest BCUT2D eigenvalue weighted by molar-refractivity contribution is -0.137. The maximum Gasteiger partial charge on any atom is 0.303 e. The highest BCUT2D eigenvalue weighted by Gasteiger charge is 2.12. The molecule has 2 rings (SSSR count). The first-order chi connectivity index (χ1) is 11.0. The van der Waals surface area contributed by atoms with Crippen LogP contribution < -0.4 is 5.32 Å². The van der Waals surface area contributed by atoms with Crippen molar-refractivity contribution in [2.45, 2.75) is 38.8 Å². The van der Waals surface area contributed by atoms with E-state index in [2.05, 4.69) is 23.5 Å². The molecule has 4 heteroatoms. The van der Waals surface area contributed by atoms with Crippen LogP contribution in [0.4, 0.5) is 0 Å². The topological polar surface area (TPSA) is 49.3 Å². The average molecular weight is 332 g/mol. The summed E-state index contributed by atoms with van der Waals surface area (Å²) < 4.78 is 0. The maximum atomic E-state index is 10.9. The van der Waals surface area contributed by atoms with E-state index >= 15 is 0 Å². The van der Waals surface area contributed by atoms with Gasteiger partial charge in [-0.25, -0.2) is 0 Å². The van der Waals surface area contributed by atoms with Gasteiger partial charge in [0.1, 0.15) is 0 Å². The van der Waals surface area contributed by atoms with Gasteiger partial charge in [0.15, 0.2) is 0 Å². The van der Waals surface area contributed by atoms with Gasteiger partial charge in [-0.1, -0.05) is 54.1 Å². The van der Waals surface area contributed by atoms with E-state index in [9.17, 15) is 4.79 Å². The molecule has 0 radical (unpaired) electrons. The quantitative estimate of drug-likeness (QED) is 0.761. The van der Waals surface area contributed by atoms with Gasteiger partial charge in [0.25, 0.3) is 0 Å². The van der Waals surface area contributed by atoms with Crippen molar-refractivity contribution < 1.29 is 9.90 Å². The molecule has 0 heterocycles. The molecule has 0 saturated carbocycles. The number of nitrogens with one attached hydrogen (secondary N) is 1. The summed E-state index contributed by atoms with van der Waals surface area (Å²) in [6.07, 6.45) is 1.60. The molecule has 0 spiro atoms. The van der Waals surface area contributed by atoms with Crippen molar-refractivity contribution in [3.8, 4) is 0 Å². The fourth-order valence-electron chi connectivity index (χ4n) is 2.55. The van der Waals surface area contributed by atoms with Crippen molar-refractivity contribution in [3.63, 3.8) is 0 Å². The summed E-state index contributed by atoms with van der Waals surface area (Å²) >= 11 is 6.05. The Morgan fingerprint density at radius 1 is 1.17 bits per heavy atom. The van der Waals surface area contributed by atoms with Crippen LogP contribution in [-0.2, 0) is 17.8 Å². The number of rotatable bonds is 8. The molecule has 1 atom stereocenters. The van der Waals surface area contributed by atoms with Gasteiger partial charge in [0, 0.05) is 24.0 Å². The molecular weight excluding hydrogens is 310 g/mol. The molecule has 2 aromatic rings. The highest BCUT2D eigenvalue weighted by molar-refractivity contribution is 6.31. The number of benzene rings is 2. The second-order valence-electron chi connectivity index (χ2n) is 5.78. The van der Waals surface area contributed by atoms with Crippen molar-refractivity contribution in [1.82, 2.24) is 5.32 Å². The van der Waals surface area contributed by atoms with Gasteiger partial charge in [-0.15, -0.1) is 0 Å². The Morgan fingerprint density at radius 2 is 1.91 bits per heavy atom. The van der Waals surface area contributed by atoms with Gasteiger partial charge in [-0.2, -0.15) is 0 Å². The van der Waals surface area contributed by atoms with Gasteiger partial charge in [0.05, 0.1) is 0 Å². The smallest absolute Gasteiger partial charge is 0.303 e. The molecule has 0 saturated heterocycles. The summed E-state index contributed by atoms with van der Waals surface area (Å²) in [5.74, 6) is -0.757. The number of carbonyl (C=O) groups is 1. The fourth-order valence-corrected chi connectivity index (χ4v) is 2.67. The summed E-state index contributed by atoms with van der Waals surface area (Å²) in [4.78, 5) is 10.9. The number of halogens is 1. The zero-order valence-electron chi connectivity index (χ0n) is 13.3. The Balaban J connectivity index is 1.98. The zero-order chi connectivity index (χ0) is 16.7. The third-order valence-corrected chi connectivity index (χ3v) is 4.27. The molecule has 3 nitrogen and oxygen atoms in total. The van der Waals surface area contributed by atoms with Crippen LogP contribution >= 0.6 is 11.6 Å². The summed E-state index contributed by atoms with van der Waals surface area (Å²) in [5, 5.41) is 13.2.